The zero-order chi connectivity index (χ0) is 23.6. The summed E-state index contributed by atoms with van der Waals surface area (Å²) in [4.78, 5) is 60.2. The molecule has 9 heteroatoms. The molecule has 0 aromatic rings. The van der Waals surface area contributed by atoms with Crippen LogP contribution in [0.1, 0.15) is 55.4 Å². The number of carbonyl (C=O) groups excluding carboxylic acids is 5. The van der Waals surface area contributed by atoms with Gasteiger partial charge in [-0.25, -0.2) is 14.4 Å². The van der Waals surface area contributed by atoms with Gasteiger partial charge in [0.2, 0.25) is 5.78 Å². The lowest BCUT2D eigenvalue weighted by atomic mass is 9.88. The summed E-state index contributed by atoms with van der Waals surface area (Å²) < 4.78 is 14.9. The molecule has 0 aliphatic carbocycles. The van der Waals surface area contributed by atoms with Crippen LogP contribution >= 0.6 is 0 Å². The number of carbonyl (C=O) groups is 5. The van der Waals surface area contributed by atoms with Crippen molar-refractivity contribution >= 4 is 29.6 Å². The second kappa shape index (κ2) is 12.1. The first kappa shape index (κ1) is 27.3. The average molecular weight is 427 g/mol. The van der Waals surface area contributed by atoms with E-state index >= 15 is 0 Å². The summed E-state index contributed by atoms with van der Waals surface area (Å²) in [6, 6.07) is -0.989. The molecule has 0 aliphatic rings. The van der Waals surface area contributed by atoms with E-state index in [2.05, 4.69) is 5.32 Å². The molecule has 0 unspecified atom stereocenters. The van der Waals surface area contributed by atoms with E-state index < -0.39 is 47.7 Å². The maximum Gasteiger partial charge on any atom is 0.331 e. The minimum Gasteiger partial charge on any atom is -0.461 e. The third-order valence-corrected chi connectivity index (χ3v) is 3.66. The van der Waals surface area contributed by atoms with Gasteiger partial charge in [0.15, 0.2) is 0 Å². The Labute approximate surface area is 177 Å². The highest BCUT2D eigenvalue weighted by molar-refractivity contribution is 6.38. The minimum absolute atomic E-state index is 0.301. The second-order valence-electron chi connectivity index (χ2n) is 8.32. The number of hydrogen-bond acceptors (Lipinski definition) is 8. The van der Waals surface area contributed by atoms with Crippen LogP contribution in [-0.2, 0) is 38.2 Å². The first-order chi connectivity index (χ1) is 13.7. The van der Waals surface area contributed by atoms with Crippen LogP contribution in [0.4, 0.5) is 0 Å². The highest BCUT2D eigenvalue weighted by Crippen LogP contribution is 2.18. The molecule has 0 fully saturated rings. The zero-order valence-electron chi connectivity index (χ0n) is 18.9. The number of esters is 3. The van der Waals surface area contributed by atoms with E-state index in [1.165, 1.54) is 13.8 Å². The van der Waals surface area contributed by atoms with Gasteiger partial charge in [-0.15, -0.1) is 0 Å². The Balaban J connectivity index is 4.91. The third-order valence-electron chi connectivity index (χ3n) is 3.66. The molecule has 1 atom stereocenters. The zero-order valence-corrected chi connectivity index (χ0v) is 18.9. The summed E-state index contributed by atoms with van der Waals surface area (Å²) in [7, 11) is 0. The summed E-state index contributed by atoms with van der Waals surface area (Å²) in [5, 5.41) is 2.39. The lowest BCUT2D eigenvalue weighted by Gasteiger charge is -2.25. The van der Waals surface area contributed by atoms with E-state index in [0.29, 0.717) is 0 Å². The highest BCUT2D eigenvalue weighted by Gasteiger charge is 2.37. The first-order valence-corrected chi connectivity index (χ1v) is 9.78. The van der Waals surface area contributed by atoms with Crippen LogP contribution in [0.2, 0.25) is 0 Å². The molecule has 0 saturated heterocycles. The Kier molecular flexibility index (Phi) is 11.0. The monoisotopic (exact) mass is 427 g/mol. The van der Waals surface area contributed by atoms with Crippen LogP contribution in [0.3, 0.4) is 0 Å². The van der Waals surface area contributed by atoms with Crippen molar-refractivity contribution in [2.24, 2.45) is 11.3 Å². The molecule has 0 spiro atoms. The summed E-state index contributed by atoms with van der Waals surface area (Å²) >= 11 is 0. The molecular formula is C21H33NO8. The molecular weight excluding hydrogens is 394 g/mol. The molecule has 0 radical (unpaired) electrons. The number of nitrogens with one attached hydrogen (secondary N) is 1. The standard InChI is InChI=1S/C21H33NO8/c1-12(2)17(20(27)30-14(5)6)22-19(26)18(25)21(7,8)11-28-15(23)9-10-16(24)29-13(3)4/h9-10,12-14,17H,11H2,1-8H3,(H,22,26)/b10-9+/t17-/m0/s1. The minimum atomic E-state index is -1.35. The fourth-order valence-electron chi connectivity index (χ4n) is 2.09. The Morgan fingerprint density at radius 3 is 1.80 bits per heavy atom. The van der Waals surface area contributed by atoms with E-state index in [-0.39, 0.29) is 18.1 Å². The highest BCUT2D eigenvalue weighted by atomic mass is 16.5. The molecule has 0 aliphatic heterocycles. The van der Waals surface area contributed by atoms with Crippen molar-refractivity contribution < 1.29 is 38.2 Å². The van der Waals surface area contributed by atoms with E-state index in [9.17, 15) is 24.0 Å². The Morgan fingerprint density at radius 2 is 1.33 bits per heavy atom. The normalized spacial score (nSPS) is 12.8. The molecule has 0 aromatic carbocycles. The van der Waals surface area contributed by atoms with Gasteiger partial charge in [0.25, 0.3) is 5.91 Å². The fourth-order valence-corrected chi connectivity index (χ4v) is 2.09. The van der Waals surface area contributed by atoms with Crippen LogP contribution in [0.5, 0.6) is 0 Å². The van der Waals surface area contributed by atoms with Gasteiger partial charge in [-0.05, 0) is 47.5 Å². The third kappa shape index (κ3) is 10.2. The topological polar surface area (TPSA) is 125 Å². The number of rotatable bonds is 11. The Morgan fingerprint density at radius 1 is 0.833 bits per heavy atom. The molecule has 9 nitrogen and oxygen atoms in total. The van der Waals surface area contributed by atoms with Gasteiger partial charge in [0.05, 0.1) is 17.6 Å². The summed E-state index contributed by atoms with van der Waals surface area (Å²) in [6.07, 6.45) is 1.09. The molecule has 0 aromatic heterocycles. The lowest BCUT2D eigenvalue weighted by molar-refractivity contribution is -0.155. The van der Waals surface area contributed by atoms with Gasteiger partial charge < -0.3 is 19.5 Å². The number of hydrogen-bond donors (Lipinski definition) is 1. The van der Waals surface area contributed by atoms with Crippen molar-refractivity contribution in [2.45, 2.75) is 73.6 Å². The fraction of sp³-hybridized carbons (Fsp3) is 0.667. The molecule has 0 saturated carbocycles. The van der Waals surface area contributed by atoms with Gasteiger partial charge in [-0.2, -0.15) is 0 Å². The maximum atomic E-state index is 12.5. The van der Waals surface area contributed by atoms with Crippen molar-refractivity contribution in [2.75, 3.05) is 6.61 Å². The number of ether oxygens (including phenoxy) is 3. The number of ketones is 1. The largest absolute Gasteiger partial charge is 0.461 e. The van der Waals surface area contributed by atoms with Crippen LogP contribution in [0, 0.1) is 11.3 Å². The van der Waals surface area contributed by atoms with Gasteiger partial charge >= 0.3 is 17.9 Å². The smallest absolute Gasteiger partial charge is 0.331 e. The Hall–Kier alpha value is -2.71. The van der Waals surface area contributed by atoms with Crippen LogP contribution in [0.15, 0.2) is 12.2 Å². The van der Waals surface area contributed by atoms with Gasteiger partial charge in [0.1, 0.15) is 12.6 Å². The molecule has 170 valence electrons. The quantitative estimate of drug-likeness (QED) is 0.229. The molecule has 0 rings (SSSR count). The summed E-state index contributed by atoms with van der Waals surface area (Å²) in [6.45, 7) is 12.6. The predicted molar refractivity (Wildman–Crippen MR) is 108 cm³/mol. The molecule has 30 heavy (non-hydrogen) atoms. The molecule has 0 bridgehead atoms. The van der Waals surface area contributed by atoms with Crippen molar-refractivity contribution in [3.63, 3.8) is 0 Å². The SMILES string of the molecule is CC(C)OC(=O)/C=C/C(=O)OCC(C)(C)C(=O)C(=O)N[C@H](C(=O)OC(C)C)C(C)C. The van der Waals surface area contributed by atoms with E-state index in [1.54, 1.807) is 41.5 Å². The number of Topliss-reactive ketones (excluding diaryl/α,β-unsaturated/α-hetero) is 1. The molecule has 0 heterocycles. The van der Waals surface area contributed by atoms with E-state index in [0.717, 1.165) is 12.2 Å². The van der Waals surface area contributed by atoms with Gasteiger partial charge in [-0.1, -0.05) is 13.8 Å². The second-order valence-corrected chi connectivity index (χ2v) is 8.32. The van der Waals surface area contributed by atoms with E-state index in [4.69, 9.17) is 14.2 Å². The van der Waals surface area contributed by atoms with Crippen LogP contribution in [0.25, 0.3) is 0 Å². The maximum absolute atomic E-state index is 12.5. The van der Waals surface area contributed by atoms with Crippen LogP contribution in [-0.4, -0.2) is 54.5 Å². The van der Waals surface area contributed by atoms with Crippen LogP contribution < -0.4 is 5.32 Å². The molecule has 1 N–H and O–H groups in total. The summed E-state index contributed by atoms with van der Waals surface area (Å²) in [5.41, 5.74) is -1.35. The van der Waals surface area contributed by atoms with Gasteiger partial charge in [-0.3, -0.25) is 9.59 Å². The van der Waals surface area contributed by atoms with Crippen molar-refractivity contribution in [1.29, 1.82) is 0 Å². The van der Waals surface area contributed by atoms with Crippen molar-refractivity contribution in [3.8, 4) is 0 Å². The number of amides is 1. The summed E-state index contributed by atoms with van der Waals surface area (Å²) in [5.74, 6) is -4.34. The average Bonchev–Trinajstić information content (AvgIpc) is 2.60. The lowest BCUT2D eigenvalue weighted by Crippen LogP contribution is -2.51. The predicted octanol–water partition coefficient (Wildman–Crippen LogP) is 1.73. The van der Waals surface area contributed by atoms with Gasteiger partial charge in [0, 0.05) is 12.2 Å². The Bertz CT molecular complexity index is 676. The first-order valence-electron chi connectivity index (χ1n) is 9.78. The van der Waals surface area contributed by atoms with Crippen molar-refractivity contribution in [1.82, 2.24) is 5.32 Å². The van der Waals surface area contributed by atoms with Crippen molar-refractivity contribution in [3.05, 3.63) is 12.2 Å². The van der Waals surface area contributed by atoms with E-state index in [1.807, 2.05) is 0 Å². The molecule has 1 amide bonds.